The summed E-state index contributed by atoms with van der Waals surface area (Å²) in [4.78, 5) is 26.3. The Morgan fingerprint density at radius 1 is 1.18 bits per heavy atom. The summed E-state index contributed by atoms with van der Waals surface area (Å²) >= 11 is 0. The number of aliphatic carboxylic acids is 1. The largest absolute Gasteiger partial charge is 0.478 e. The van der Waals surface area contributed by atoms with Gasteiger partial charge in [-0.05, 0) is 26.3 Å². The SMILES string of the molecule is CN1C2CCC1CN(C(=O)C=CC(=O)O)CC2. The van der Waals surface area contributed by atoms with Crippen molar-refractivity contribution in [2.75, 3.05) is 20.1 Å². The van der Waals surface area contributed by atoms with Crippen molar-refractivity contribution in [1.82, 2.24) is 9.80 Å². The number of nitrogens with zero attached hydrogens (tertiary/aromatic N) is 2. The molecule has 0 aromatic heterocycles. The summed E-state index contributed by atoms with van der Waals surface area (Å²) in [5, 5.41) is 8.50. The van der Waals surface area contributed by atoms with Gasteiger partial charge in [0.2, 0.25) is 5.91 Å². The molecule has 2 unspecified atom stereocenters. The summed E-state index contributed by atoms with van der Waals surface area (Å²) in [5.41, 5.74) is 0. The summed E-state index contributed by atoms with van der Waals surface area (Å²) in [7, 11) is 2.11. The molecule has 1 N–H and O–H groups in total. The zero-order chi connectivity index (χ0) is 12.4. The molecule has 2 aliphatic rings. The lowest BCUT2D eigenvalue weighted by Gasteiger charge is -2.24. The first-order chi connectivity index (χ1) is 8.08. The molecule has 5 heteroatoms. The van der Waals surface area contributed by atoms with E-state index in [1.807, 2.05) is 0 Å². The van der Waals surface area contributed by atoms with E-state index in [0.717, 1.165) is 38.1 Å². The smallest absolute Gasteiger partial charge is 0.328 e. The van der Waals surface area contributed by atoms with Crippen LogP contribution in [0.4, 0.5) is 0 Å². The van der Waals surface area contributed by atoms with Crippen LogP contribution in [0.5, 0.6) is 0 Å². The Bertz CT molecular complexity index is 354. The first-order valence-electron chi connectivity index (χ1n) is 6.00. The maximum atomic E-state index is 11.8. The second-order valence-electron chi connectivity index (χ2n) is 4.79. The quantitative estimate of drug-likeness (QED) is 0.704. The van der Waals surface area contributed by atoms with Gasteiger partial charge in [0, 0.05) is 37.3 Å². The van der Waals surface area contributed by atoms with Crippen LogP contribution in [0.3, 0.4) is 0 Å². The van der Waals surface area contributed by atoms with Crippen LogP contribution in [0.2, 0.25) is 0 Å². The van der Waals surface area contributed by atoms with Crippen LogP contribution >= 0.6 is 0 Å². The third-order valence-electron chi connectivity index (χ3n) is 3.83. The van der Waals surface area contributed by atoms with Crippen molar-refractivity contribution < 1.29 is 14.7 Å². The molecular formula is C12H18N2O3. The fourth-order valence-electron chi connectivity index (χ4n) is 2.76. The second kappa shape index (κ2) is 4.87. The molecule has 0 aliphatic carbocycles. The zero-order valence-electron chi connectivity index (χ0n) is 10.0. The molecule has 2 saturated heterocycles. The van der Waals surface area contributed by atoms with E-state index < -0.39 is 5.97 Å². The van der Waals surface area contributed by atoms with E-state index in [2.05, 4.69) is 11.9 Å². The van der Waals surface area contributed by atoms with Gasteiger partial charge in [-0.3, -0.25) is 9.69 Å². The molecule has 1 amide bonds. The molecular weight excluding hydrogens is 220 g/mol. The van der Waals surface area contributed by atoms with E-state index in [4.69, 9.17) is 5.11 Å². The zero-order valence-corrected chi connectivity index (χ0v) is 10.0. The fourth-order valence-corrected chi connectivity index (χ4v) is 2.76. The van der Waals surface area contributed by atoms with Crippen molar-refractivity contribution >= 4 is 11.9 Å². The lowest BCUT2D eigenvalue weighted by molar-refractivity contribution is -0.132. The van der Waals surface area contributed by atoms with Crippen molar-refractivity contribution in [3.8, 4) is 0 Å². The second-order valence-corrected chi connectivity index (χ2v) is 4.79. The van der Waals surface area contributed by atoms with Crippen molar-refractivity contribution in [2.24, 2.45) is 0 Å². The molecule has 17 heavy (non-hydrogen) atoms. The summed E-state index contributed by atoms with van der Waals surface area (Å²) in [6.07, 6.45) is 5.40. The third kappa shape index (κ3) is 2.66. The third-order valence-corrected chi connectivity index (χ3v) is 3.83. The fraction of sp³-hybridized carbons (Fsp3) is 0.667. The van der Waals surface area contributed by atoms with Crippen LogP contribution in [-0.4, -0.2) is 59.0 Å². The lowest BCUT2D eigenvalue weighted by atomic mass is 10.1. The van der Waals surface area contributed by atoms with Crippen LogP contribution in [0.1, 0.15) is 19.3 Å². The molecule has 0 radical (unpaired) electrons. The summed E-state index contributed by atoms with van der Waals surface area (Å²) < 4.78 is 0. The predicted molar refractivity (Wildman–Crippen MR) is 62.5 cm³/mol. The molecule has 2 atom stereocenters. The molecule has 2 heterocycles. The average molecular weight is 238 g/mol. The molecule has 2 bridgehead atoms. The van der Waals surface area contributed by atoms with E-state index in [1.54, 1.807) is 4.90 Å². The molecule has 2 aliphatic heterocycles. The molecule has 94 valence electrons. The van der Waals surface area contributed by atoms with Crippen LogP contribution in [0.25, 0.3) is 0 Å². The Morgan fingerprint density at radius 2 is 1.88 bits per heavy atom. The maximum absolute atomic E-state index is 11.8. The number of likely N-dealkylation sites (N-methyl/N-ethyl adjacent to an activating group) is 1. The molecule has 0 aromatic rings. The van der Waals surface area contributed by atoms with Crippen molar-refractivity contribution in [3.05, 3.63) is 12.2 Å². The van der Waals surface area contributed by atoms with E-state index >= 15 is 0 Å². The van der Waals surface area contributed by atoms with Gasteiger partial charge in [-0.15, -0.1) is 0 Å². The highest BCUT2D eigenvalue weighted by Crippen LogP contribution is 2.28. The highest BCUT2D eigenvalue weighted by atomic mass is 16.4. The number of hydrogen-bond donors (Lipinski definition) is 1. The number of amides is 1. The number of hydrogen-bond acceptors (Lipinski definition) is 3. The lowest BCUT2D eigenvalue weighted by Crippen LogP contribution is -2.39. The van der Waals surface area contributed by atoms with Gasteiger partial charge >= 0.3 is 5.97 Å². The number of likely N-dealkylation sites (tertiary alicyclic amines) is 1. The summed E-state index contributed by atoms with van der Waals surface area (Å²) in [6, 6.07) is 1.02. The van der Waals surface area contributed by atoms with Gasteiger partial charge < -0.3 is 10.0 Å². The topological polar surface area (TPSA) is 60.9 Å². The van der Waals surface area contributed by atoms with Crippen molar-refractivity contribution in [1.29, 1.82) is 0 Å². The number of fused-ring (bicyclic) bond motifs is 2. The van der Waals surface area contributed by atoms with Crippen LogP contribution in [0.15, 0.2) is 12.2 Å². The highest BCUT2D eigenvalue weighted by molar-refractivity contribution is 5.93. The minimum absolute atomic E-state index is 0.187. The summed E-state index contributed by atoms with van der Waals surface area (Å²) in [6.45, 7) is 1.45. The van der Waals surface area contributed by atoms with E-state index in [0.29, 0.717) is 12.1 Å². The van der Waals surface area contributed by atoms with Gasteiger partial charge in [-0.25, -0.2) is 4.79 Å². The molecule has 2 fully saturated rings. The normalized spacial score (nSPS) is 29.6. The number of carbonyl (C=O) groups is 2. The van der Waals surface area contributed by atoms with Gasteiger partial charge in [0.15, 0.2) is 0 Å². The molecule has 2 rings (SSSR count). The molecule has 0 spiro atoms. The average Bonchev–Trinajstić information content (AvgIpc) is 2.50. The van der Waals surface area contributed by atoms with Crippen LogP contribution in [-0.2, 0) is 9.59 Å². The molecule has 0 saturated carbocycles. The first kappa shape index (κ1) is 12.1. The van der Waals surface area contributed by atoms with Crippen LogP contribution in [0, 0.1) is 0 Å². The molecule has 5 nitrogen and oxygen atoms in total. The Hall–Kier alpha value is -1.36. The summed E-state index contributed by atoms with van der Waals surface area (Å²) in [5.74, 6) is -1.26. The van der Waals surface area contributed by atoms with Gasteiger partial charge in [-0.2, -0.15) is 0 Å². The van der Waals surface area contributed by atoms with Crippen LogP contribution < -0.4 is 0 Å². The van der Waals surface area contributed by atoms with Gasteiger partial charge in [0.1, 0.15) is 0 Å². The minimum Gasteiger partial charge on any atom is -0.478 e. The Kier molecular flexibility index (Phi) is 3.47. The van der Waals surface area contributed by atoms with E-state index in [-0.39, 0.29) is 5.91 Å². The van der Waals surface area contributed by atoms with Crippen molar-refractivity contribution in [2.45, 2.75) is 31.3 Å². The number of carbonyl (C=O) groups excluding carboxylic acids is 1. The van der Waals surface area contributed by atoms with Gasteiger partial charge in [-0.1, -0.05) is 0 Å². The predicted octanol–water partition coefficient (Wildman–Crippen LogP) is 0.322. The van der Waals surface area contributed by atoms with Crippen molar-refractivity contribution in [3.63, 3.8) is 0 Å². The highest BCUT2D eigenvalue weighted by Gasteiger charge is 2.35. The number of carboxylic acid groups (broad SMARTS) is 1. The van der Waals surface area contributed by atoms with E-state index in [1.165, 1.54) is 6.42 Å². The first-order valence-corrected chi connectivity index (χ1v) is 6.00. The number of carboxylic acids is 1. The molecule has 0 aromatic carbocycles. The van der Waals surface area contributed by atoms with Gasteiger partial charge in [0.25, 0.3) is 0 Å². The Labute approximate surface area is 101 Å². The Morgan fingerprint density at radius 3 is 2.59 bits per heavy atom. The minimum atomic E-state index is -1.08. The Balaban J connectivity index is 1.99. The van der Waals surface area contributed by atoms with Gasteiger partial charge in [0.05, 0.1) is 0 Å². The maximum Gasteiger partial charge on any atom is 0.328 e. The van der Waals surface area contributed by atoms with E-state index in [9.17, 15) is 9.59 Å². The number of rotatable bonds is 2. The monoisotopic (exact) mass is 238 g/mol. The standard InChI is InChI=1S/C12H18N2O3/c1-13-9-2-3-10(13)8-14(7-6-9)11(15)4-5-12(16)17/h4-5,9-10H,2-3,6-8H2,1H3,(H,16,17).